The molecule has 4 nitrogen and oxygen atoms in total. The van der Waals surface area contributed by atoms with Crippen molar-refractivity contribution in [2.75, 3.05) is 5.73 Å². The van der Waals surface area contributed by atoms with Crippen molar-refractivity contribution < 1.29 is 35.1 Å². The highest BCUT2D eigenvalue weighted by molar-refractivity contribution is 6.36. The molecule has 0 saturated heterocycles. The Morgan fingerprint density at radius 3 is 2.07 bits per heavy atom. The van der Waals surface area contributed by atoms with Gasteiger partial charge in [0.15, 0.2) is 5.65 Å². The van der Waals surface area contributed by atoms with E-state index in [2.05, 4.69) is 10.1 Å². The second kappa shape index (κ2) is 6.84. The first-order valence-electron chi connectivity index (χ1n) is 7.73. The highest BCUT2D eigenvalue weighted by atomic mass is 35.5. The van der Waals surface area contributed by atoms with Crippen molar-refractivity contribution in [3.05, 3.63) is 45.1 Å². The van der Waals surface area contributed by atoms with Crippen LogP contribution in [-0.4, -0.2) is 20.9 Å². The van der Waals surface area contributed by atoms with Crippen LogP contribution >= 0.6 is 23.2 Å². The number of halogens is 10. The first-order valence-corrected chi connectivity index (χ1v) is 8.48. The maximum Gasteiger partial charge on any atom is 0.459 e. The van der Waals surface area contributed by atoms with Crippen LogP contribution in [0, 0.1) is 6.92 Å². The molecule has 2 aromatic heterocycles. The first kappa shape index (κ1) is 22.3. The van der Waals surface area contributed by atoms with Gasteiger partial charge in [0.2, 0.25) is 0 Å². The van der Waals surface area contributed by atoms with Crippen LogP contribution in [0.2, 0.25) is 10.0 Å². The summed E-state index contributed by atoms with van der Waals surface area (Å²) in [7, 11) is 0. The Bertz CT molecular complexity index is 1130. The van der Waals surface area contributed by atoms with Crippen molar-refractivity contribution in [2.24, 2.45) is 0 Å². The molecule has 0 fully saturated rings. The van der Waals surface area contributed by atoms with Gasteiger partial charge in [-0.3, -0.25) is 0 Å². The van der Waals surface area contributed by atoms with Crippen LogP contribution in [0.5, 0.6) is 0 Å². The van der Waals surface area contributed by atoms with Gasteiger partial charge in [-0.25, -0.2) is 9.67 Å². The zero-order chi connectivity index (χ0) is 22.8. The maximum absolute atomic E-state index is 13.7. The quantitative estimate of drug-likeness (QED) is 0.440. The van der Waals surface area contributed by atoms with E-state index >= 15 is 0 Å². The largest absolute Gasteiger partial charge is 0.459 e. The molecule has 2 N–H and O–H groups in total. The monoisotopic (exact) mass is 478 g/mol. The molecule has 0 unspecified atom stereocenters. The molecule has 0 radical (unpaired) electrons. The van der Waals surface area contributed by atoms with Crippen LogP contribution in [0.15, 0.2) is 18.2 Å². The minimum Gasteiger partial charge on any atom is -0.383 e. The van der Waals surface area contributed by atoms with E-state index in [1.807, 2.05) is 0 Å². The Kier molecular flexibility index (Phi) is 5.10. The zero-order valence-corrected chi connectivity index (χ0v) is 15.9. The minimum absolute atomic E-state index is 0.0474. The van der Waals surface area contributed by atoms with Crippen LogP contribution < -0.4 is 5.73 Å². The van der Waals surface area contributed by atoms with Crippen molar-refractivity contribution in [1.29, 1.82) is 0 Å². The summed E-state index contributed by atoms with van der Waals surface area (Å²) in [5.41, 5.74) is 0.913. The van der Waals surface area contributed by atoms with Crippen LogP contribution in [0.1, 0.15) is 16.8 Å². The molecule has 3 rings (SSSR count). The Labute approximate surface area is 172 Å². The van der Waals surface area contributed by atoms with Crippen LogP contribution in [0.4, 0.5) is 40.9 Å². The number of aromatic nitrogens is 3. The molecule has 162 valence electrons. The Morgan fingerprint density at radius 2 is 1.57 bits per heavy atom. The standard InChI is InChI=1S/C16H8Cl2F8N4/c1-5-2-6(17)3-8(18)11(5)30-12(27)10-7(15(21,22)23)4-9(28-13(10)29-30)14(19,20)16(24,25)26/h2-4H,27H2,1H3. The molecule has 14 heteroatoms. The van der Waals surface area contributed by atoms with Gasteiger partial charge in [0.05, 0.1) is 21.7 Å². The lowest BCUT2D eigenvalue weighted by molar-refractivity contribution is -0.291. The predicted octanol–water partition coefficient (Wildman–Crippen LogP) is 6.29. The van der Waals surface area contributed by atoms with E-state index in [1.54, 1.807) is 0 Å². The molecular weight excluding hydrogens is 471 g/mol. The summed E-state index contributed by atoms with van der Waals surface area (Å²) < 4.78 is 107. The summed E-state index contributed by atoms with van der Waals surface area (Å²) in [5.74, 6) is -6.37. The molecule has 0 spiro atoms. The summed E-state index contributed by atoms with van der Waals surface area (Å²) in [5, 5.41) is 2.74. The van der Waals surface area contributed by atoms with E-state index in [1.165, 1.54) is 19.1 Å². The number of hydrogen-bond donors (Lipinski definition) is 1. The molecule has 1 aromatic carbocycles. The van der Waals surface area contributed by atoms with E-state index < -0.39 is 52.5 Å². The number of nitrogens with zero attached hydrogens (tertiary/aromatic N) is 3. The average molecular weight is 479 g/mol. The van der Waals surface area contributed by atoms with Gasteiger partial charge in [-0.15, -0.1) is 5.10 Å². The molecule has 30 heavy (non-hydrogen) atoms. The summed E-state index contributed by atoms with van der Waals surface area (Å²) in [6.07, 6.45) is -11.5. The third-order valence-corrected chi connectivity index (χ3v) is 4.60. The SMILES string of the molecule is Cc1cc(Cl)cc(Cl)c1-n1nc2nc(C(F)(F)C(F)(F)F)cc(C(F)(F)F)c2c1N. The van der Waals surface area contributed by atoms with Gasteiger partial charge >= 0.3 is 18.3 Å². The number of fused-ring (bicyclic) bond motifs is 1. The topological polar surface area (TPSA) is 56.7 Å². The fraction of sp³-hybridized carbons (Fsp3) is 0.250. The van der Waals surface area contributed by atoms with Gasteiger partial charge in [0.25, 0.3) is 0 Å². The van der Waals surface area contributed by atoms with Crippen LogP contribution in [0.3, 0.4) is 0 Å². The lowest BCUT2D eigenvalue weighted by atomic mass is 10.1. The van der Waals surface area contributed by atoms with Gasteiger partial charge in [-0.05, 0) is 30.7 Å². The van der Waals surface area contributed by atoms with Crippen molar-refractivity contribution >= 4 is 40.1 Å². The van der Waals surface area contributed by atoms with Crippen molar-refractivity contribution in [2.45, 2.75) is 25.2 Å². The van der Waals surface area contributed by atoms with E-state index in [-0.39, 0.29) is 15.7 Å². The number of aryl methyl sites for hydroxylation is 1. The zero-order valence-electron chi connectivity index (χ0n) is 14.4. The molecule has 0 atom stereocenters. The van der Waals surface area contributed by atoms with Gasteiger partial charge in [-0.1, -0.05) is 23.2 Å². The third-order valence-electron chi connectivity index (χ3n) is 4.09. The van der Waals surface area contributed by atoms with Crippen molar-refractivity contribution in [3.63, 3.8) is 0 Å². The summed E-state index contributed by atoms with van der Waals surface area (Å²) in [6, 6.07) is 2.20. The average Bonchev–Trinajstić information content (AvgIpc) is 2.88. The number of nitrogen functional groups attached to an aromatic ring is 1. The molecular formula is C16H8Cl2F8N4. The second-order valence-electron chi connectivity index (χ2n) is 6.17. The summed E-state index contributed by atoms with van der Waals surface area (Å²) in [6.45, 7) is 1.46. The number of benzene rings is 1. The smallest absolute Gasteiger partial charge is 0.383 e. The number of anilines is 1. The van der Waals surface area contributed by atoms with Crippen LogP contribution in [0.25, 0.3) is 16.7 Å². The Morgan fingerprint density at radius 1 is 0.967 bits per heavy atom. The maximum atomic E-state index is 13.7. The Balaban J connectivity index is 2.41. The summed E-state index contributed by atoms with van der Waals surface area (Å²) >= 11 is 11.9. The van der Waals surface area contributed by atoms with Gasteiger partial charge in [0.1, 0.15) is 11.5 Å². The summed E-state index contributed by atoms with van der Waals surface area (Å²) in [4.78, 5) is 3.02. The molecule has 0 aliphatic carbocycles. The normalized spacial score (nSPS) is 13.3. The van der Waals surface area contributed by atoms with Gasteiger partial charge in [-0.2, -0.15) is 35.1 Å². The predicted molar refractivity (Wildman–Crippen MR) is 93.0 cm³/mol. The van der Waals surface area contributed by atoms with E-state index in [4.69, 9.17) is 28.9 Å². The van der Waals surface area contributed by atoms with Crippen molar-refractivity contribution in [1.82, 2.24) is 14.8 Å². The molecule has 3 aromatic rings. The molecule has 0 aliphatic heterocycles. The van der Waals surface area contributed by atoms with E-state index in [0.717, 1.165) is 0 Å². The highest BCUT2D eigenvalue weighted by Crippen LogP contribution is 2.46. The molecule has 2 heterocycles. The highest BCUT2D eigenvalue weighted by Gasteiger charge is 2.60. The third kappa shape index (κ3) is 3.51. The molecule has 0 bridgehead atoms. The Hall–Kier alpha value is -2.34. The van der Waals surface area contributed by atoms with E-state index in [0.29, 0.717) is 10.2 Å². The van der Waals surface area contributed by atoms with Gasteiger partial charge < -0.3 is 5.73 Å². The van der Waals surface area contributed by atoms with Crippen LogP contribution in [-0.2, 0) is 12.1 Å². The first-order chi connectivity index (χ1) is 13.6. The fourth-order valence-corrected chi connectivity index (χ4v) is 3.45. The van der Waals surface area contributed by atoms with E-state index in [9.17, 15) is 35.1 Å². The number of rotatable bonds is 2. The number of alkyl halides is 8. The number of pyridine rings is 1. The lowest BCUT2D eigenvalue weighted by Gasteiger charge is -2.20. The lowest BCUT2D eigenvalue weighted by Crippen LogP contribution is -2.35. The second-order valence-corrected chi connectivity index (χ2v) is 7.02. The fourth-order valence-electron chi connectivity index (χ4n) is 2.77. The molecule has 0 aliphatic rings. The number of hydrogen-bond acceptors (Lipinski definition) is 3. The number of nitrogens with two attached hydrogens (primary N) is 1. The molecule has 0 amide bonds. The van der Waals surface area contributed by atoms with Crippen molar-refractivity contribution in [3.8, 4) is 5.69 Å². The van der Waals surface area contributed by atoms with Gasteiger partial charge in [0, 0.05) is 5.02 Å². The minimum atomic E-state index is -6.18. The molecule has 0 saturated carbocycles.